The van der Waals surface area contributed by atoms with Crippen molar-refractivity contribution in [2.75, 3.05) is 31.3 Å². The van der Waals surface area contributed by atoms with Crippen LogP contribution in [0.3, 0.4) is 0 Å². The van der Waals surface area contributed by atoms with E-state index < -0.39 is 0 Å². The van der Waals surface area contributed by atoms with Crippen LogP contribution in [0, 0.1) is 5.82 Å². The Bertz CT molecular complexity index is 1090. The lowest BCUT2D eigenvalue weighted by Crippen LogP contribution is -2.38. The quantitative estimate of drug-likeness (QED) is 0.657. The molecule has 1 saturated heterocycles. The smallest absolute Gasteiger partial charge is 0.322 e. The van der Waals surface area contributed by atoms with E-state index in [1.54, 1.807) is 12.1 Å². The highest BCUT2D eigenvalue weighted by Crippen LogP contribution is 2.33. The van der Waals surface area contributed by atoms with E-state index in [1.807, 2.05) is 23.1 Å². The minimum atomic E-state index is -0.364. The van der Waals surface area contributed by atoms with Crippen LogP contribution in [-0.2, 0) is 11.2 Å². The first-order chi connectivity index (χ1) is 15.7. The Hall–Kier alpha value is -3.10. The Morgan fingerprint density at radius 3 is 2.72 bits per heavy atom. The fourth-order valence-corrected chi connectivity index (χ4v) is 4.31. The second kappa shape index (κ2) is 9.18. The van der Waals surface area contributed by atoms with E-state index in [-0.39, 0.29) is 30.6 Å². The summed E-state index contributed by atoms with van der Waals surface area (Å²) < 4.78 is 25.4. The first-order valence-electron chi connectivity index (χ1n) is 10.9. The zero-order valence-corrected chi connectivity index (χ0v) is 17.7. The number of ether oxygens (including phenoxy) is 2. The Morgan fingerprint density at radius 2 is 1.91 bits per heavy atom. The highest BCUT2D eigenvalue weighted by atomic mass is 19.1. The molecule has 7 nitrogen and oxygen atoms in total. The van der Waals surface area contributed by atoms with Gasteiger partial charge in [-0.15, -0.1) is 0 Å². The molecule has 0 aliphatic carbocycles. The van der Waals surface area contributed by atoms with Crippen LogP contribution in [0.1, 0.15) is 30.0 Å². The van der Waals surface area contributed by atoms with Crippen molar-refractivity contribution in [1.29, 1.82) is 0 Å². The zero-order valence-electron chi connectivity index (χ0n) is 17.7. The van der Waals surface area contributed by atoms with Gasteiger partial charge in [-0.1, -0.05) is 36.4 Å². The molecule has 0 amide bonds. The molecule has 2 aliphatic rings. The molecule has 1 atom stereocenters. The minimum absolute atomic E-state index is 0.0462. The van der Waals surface area contributed by atoms with Gasteiger partial charge in [-0.2, -0.15) is 15.0 Å². The van der Waals surface area contributed by atoms with Crippen molar-refractivity contribution in [3.8, 4) is 17.4 Å². The fourth-order valence-electron chi connectivity index (χ4n) is 4.31. The molecule has 1 N–H and O–H groups in total. The molecule has 166 valence electrons. The van der Waals surface area contributed by atoms with Gasteiger partial charge in [0, 0.05) is 24.9 Å². The third-order valence-corrected chi connectivity index (χ3v) is 5.97. The zero-order chi connectivity index (χ0) is 21.9. The van der Waals surface area contributed by atoms with Crippen LogP contribution < -0.4 is 9.64 Å². The molecule has 8 heteroatoms. The number of aromatic nitrogens is 3. The van der Waals surface area contributed by atoms with Crippen LogP contribution in [0.25, 0.3) is 11.4 Å². The summed E-state index contributed by atoms with van der Waals surface area (Å²) in [7, 11) is 0. The molecule has 0 spiro atoms. The van der Waals surface area contributed by atoms with Gasteiger partial charge < -0.3 is 19.5 Å². The molecule has 0 radical (unpaired) electrons. The summed E-state index contributed by atoms with van der Waals surface area (Å²) in [6, 6.07) is 14.2. The second-order valence-electron chi connectivity index (χ2n) is 8.02. The maximum atomic E-state index is 13.9. The number of aliphatic hydroxyl groups is 1. The summed E-state index contributed by atoms with van der Waals surface area (Å²) in [5, 5.41) is 10.2. The van der Waals surface area contributed by atoms with Crippen LogP contribution >= 0.6 is 0 Å². The highest BCUT2D eigenvalue weighted by Gasteiger charge is 2.30. The van der Waals surface area contributed by atoms with E-state index in [0.717, 1.165) is 24.8 Å². The predicted octanol–water partition coefficient (Wildman–Crippen LogP) is 3.33. The number of hydrogen-bond acceptors (Lipinski definition) is 7. The van der Waals surface area contributed by atoms with Crippen molar-refractivity contribution < 1.29 is 19.0 Å². The van der Waals surface area contributed by atoms with Gasteiger partial charge in [0.1, 0.15) is 11.9 Å². The van der Waals surface area contributed by atoms with E-state index >= 15 is 0 Å². The number of halogens is 1. The molecule has 2 aromatic carbocycles. The van der Waals surface area contributed by atoms with Crippen LogP contribution in [0.4, 0.5) is 10.3 Å². The molecule has 1 aromatic heterocycles. The molecule has 2 aliphatic heterocycles. The number of rotatable bonds is 5. The minimum Gasteiger partial charge on any atom is -0.460 e. The summed E-state index contributed by atoms with van der Waals surface area (Å²) in [6.45, 7) is 1.84. The van der Waals surface area contributed by atoms with E-state index in [4.69, 9.17) is 9.47 Å². The van der Waals surface area contributed by atoms with Gasteiger partial charge in [0.25, 0.3) is 0 Å². The molecule has 0 unspecified atom stereocenters. The number of fused-ring (bicyclic) bond motifs is 1. The number of benzene rings is 2. The van der Waals surface area contributed by atoms with Crippen molar-refractivity contribution in [2.45, 2.75) is 31.4 Å². The Labute approximate surface area is 185 Å². The van der Waals surface area contributed by atoms with Crippen molar-refractivity contribution in [3.05, 3.63) is 65.5 Å². The maximum absolute atomic E-state index is 13.9. The predicted molar refractivity (Wildman–Crippen MR) is 117 cm³/mol. The molecule has 0 bridgehead atoms. The van der Waals surface area contributed by atoms with E-state index in [0.29, 0.717) is 37.1 Å². The first-order valence-corrected chi connectivity index (χ1v) is 10.9. The SMILES string of the molecule is OC[C@H]1c2ccccc2CCN1c1nc(OC2CCOCC2)nc(-c2cccc(F)c2)n1. The monoisotopic (exact) mass is 436 g/mol. The van der Waals surface area contributed by atoms with Gasteiger partial charge in [0.05, 0.1) is 25.9 Å². The van der Waals surface area contributed by atoms with Gasteiger partial charge in [0.2, 0.25) is 5.95 Å². The fraction of sp³-hybridized carbons (Fsp3) is 0.375. The topological polar surface area (TPSA) is 80.6 Å². The summed E-state index contributed by atoms with van der Waals surface area (Å²) in [5.41, 5.74) is 2.81. The van der Waals surface area contributed by atoms with E-state index in [9.17, 15) is 9.50 Å². The molecular weight excluding hydrogens is 411 g/mol. The number of hydrogen-bond donors (Lipinski definition) is 1. The van der Waals surface area contributed by atoms with Crippen LogP contribution in [0.2, 0.25) is 0 Å². The van der Waals surface area contributed by atoms with Gasteiger partial charge in [-0.3, -0.25) is 0 Å². The lowest BCUT2D eigenvalue weighted by molar-refractivity contribution is 0.0217. The largest absolute Gasteiger partial charge is 0.460 e. The lowest BCUT2D eigenvalue weighted by atomic mass is 9.93. The lowest BCUT2D eigenvalue weighted by Gasteiger charge is -2.36. The van der Waals surface area contributed by atoms with Crippen LogP contribution in [0.5, 0.6) is 6.01 Å². The summed E-state index contributed by atoms with van der Waals surface area (Å²) in [4.78, 5) is 15.7. The molecule has 1 fully saturated rings. The van der Waals surface area contributed by atoms with Gasteiger partial charge in [-0.05, 0) is 29.7 Å². The molecular formula is C24H25FN4O3. The summed E-state index contributed by atoms with van der Waals surface area (Å²) in [5.74, 6) is 0.387. The summed E-state index contributed by atoms with van der Waals surface area (Å²) >= 11 is 0. The average Bonchev–Trinajstić information content (AvgIpc) is 2.83. The molecule has 3 heterocycles. The van der Waals surface area contributed by atoms with Gasteiger partial charge in [-0.25, -0.2) is 4.39 Å². The number of nitrogens with zero attached hydrogens (tertiary/aromatic N) is 4. The van der Waals surface area contributed by atoms with Crippen LogP contribution in [0.15, 0.2) is 48.5 Å². The van der Waals surface area contributed by atoms with Gasteiger partial charge in [0.15, 0.2) is 5.82 Å². The Balaban J connectivity index is 1.54. The average molecular weight is 436 g/mol. The van der Waals surface area contributed by atoms with E-state index in [2.05, 4.69) is 21.0 Å². The highest BCUT2D eigenvalue weighted by molar-refractivity contribution is 5.57. The van der Waals surface area contributed by atoms with Crippen LogP contribution in [-0.4, -0.2) is 52.5 Å². The number of aliphatic hydroxyl groups excluding tert-OH is 1. The normalized spacial score (nSPS) is 18.9. The Morgan fingerprint density at radius 1 is 1.06 bits per heavy atom. The number of anilines is 1. The third kappa shape index (κ3) is 4.28. The van der Waals surface area contributed by atoms with Crippen molar-refractivity contribution >= 4 is 5.95 Å². The maximum Gasteiger partial charge on any atom is 0.322 e. The third-order valence-electron chi connectivity index (χ3n) is 5.97. The first kappa shape index (κ1) is 20.8. The van der Waals surface area contributed by atoms with E-state index in [1.165, 1.54) is 17.7 Å². The van der Waals surface area contributed by atoms with Crippen molar-refractivity contribution in [3.63, 3.8) is 0 Å². The van der Waals surface area contributed by atoms with Crippen molar-refractivity contribution in [2.24, 2.45) is 0 Å². The molecule has 5 rings (SSSR count). The second-order valence-corrected chi connectivity index (χ2v) is 8.02. The molecule has 32 heavy (non-hydrogen) atoms. The van der Waals surface area contributed by atoms with Crippen molar-refractivity contribution in [1.82, 2.24) is 15.0 Å². The molecule has 0 saturated carbocycles. The molecule has 3 aromatic rings. The summed E-state index contributed by atoms with van der Waals surface area (Å²) in [6.07, 6.45) is 2.28. The van der Waals surface area contributed by atoms with Gasteiger partial charge >= 0.3 is 6.01 Å². The Kier molecular flexibility index (Phi) is 5.96. The standard InChI is InChI=1S/C24H25FN4O3/c25-18-6-3-5-17(14-18)22-26-23(28-24(27-22)32-19-9-12-31-13-10-19)29-11-8-16-4-1-2-7-20(16)21(29)15-30/h1-7,14,19,21,30H,8-13,15H2/t21-/m0/s1.